The summed E-state index contributed by atoms with van der Waals surface area (Å²) in [4.78, 5) is 4.41. The van der Waals surface area contributed by atoms with E-state index in [-0.39, 0.29) is 10.0 Å². The molecular weight excluding hydrogens is 276 g/mol. The summed E-state index contributed by atoms with van der Waals surface area (Å²) in [6.45, 7) is 2.05. The lowest BCUT2D eigenvalue weighted by Crippen LogP contribution is -2.09. The first kappa shape index (κ1) is 13.3. The van der Waals surface area contributed by atoms with E-state index in [9.17, 15) is 4.39 Å². The molecule has 0 aliphatic carbocycles. The molecule has 2 rings (SSSR count). The van der Waals surface area contributed by atoms with Crippen molar-refractivity contribution in [2.24, 2.45) is 5.84 Å². The number of hydrazine groups is 1. The zero-order valence-electron chi connectivity index (χ0n) is 9.73. The van der Waals surface area contributed by atoms with Crippen LogP contribution >= 0.6 is 23.2 Å². The Hall–Kier alpha value is -1.10. The van der Waals surface area contributed by atoms with Crippen LogP contribution in [-0.4, -0.2) is 4.98 Å². The van der Waals surface area contributed by atoms with Crippen LogP contribution in [0.1, 0.15) is 19.0 Å². The van der Waals surface area contributed by atoms with Crippen LogP contribution < -0.4 is 11.3 Å². The lowest BCUT2D eigenvalue weighted by atomic mass is 10.1. The van der Waals surface area contributed by atoms with Crippen molar-refractivity contribution < 1.29 is 4.39 Å². The number of hydrogen-bond acceptors (Lipinski definition) is 3. The van der Waals surface area contributed by atoms with E-state index in [1.807, 2.05) is 6.92 Å². The number of fused-ring (bicyclic) bond motifs is 1. The van der Waals surface area contributed by atoms with E-state index in [2.05, 4.69) is 10.4 Å². The van der Waals surface area contributed by atoms with Crippen molar-refractivity contribution in [3.63, 3.8) is 0 Å². The second kappa shape index (κ2) is 5.26. The molecule has 2 aromatic rings. The average Bonchev–Trinajstić information content (AvgIpc) is 2.35. The molecule has 0 saturated carbocycles. The van der Waals surface area contributed by atoms with Gasteiger partial charge in [-0.05, 0) is 18.6 Å². The minimum absolute atomic E-state index is 0.0448. The summed E-state index contributed by atoms with van der Waals surface area (Å²) >= 11 is 11.7. The van der Waals surface area contributed by atoms with Gasteiger partial charge in [0.1, 0.15) is 0 Å². The molecular formula is C12H12Cl2FN3. The lowest BCUT2D eigenvalue weighted by Gasteiger charge is -2.11. The second-order valence-corrected chi connectivity index (χ2v) is 4.72. The molecule has 3 nitrogen and oxygen atoms in total. The number of nitrogen functional groups attached to an aromatic ring is 1. The van der Waals surface area contributed by atoms with Crippen molar-refractivity contribution in [3.05, 3.63) is 33.7 Å². The quantitative estimate of drug-likeness (QED) is 0.511. The van der Waals surface area contributed by atoms with E-state index >= 15 is 0 Å². The minimum atomic E-state index is -0.660. The molecule has 0 spiro atoms. The smallest absolute Gasteiger partial charge is 0.161 e. The molecule has 0 radical (unpaired) electrons. The second-order valence-electron chi connectivity index (χ2n) is 3.94. The van der Waals surface area contributed by atoms with Gasteiger partial charge in [0.2, 0.25) is 0 Å². The van der Waals surface area contributed by atoms with Crippen molar-refractivity contribution in [1.82, 2.24) is 4.98 Å². The summed E-state index contributed by atoms with van der Waals surface area (Å²) in [5.41, 5.74) is 4.46. The molecule has 1 heterocycles. The van der Waals surface area contributed by atoms with E-state index in [4.69, 9.17) is 29.0 Å². The molecule has 0 amide bonds. The lowest BCUT2D eigenvalue weighted by molar-refractivity contribution is 0.630. The summed E-state index contributed by atoms with van der Waals surface area (Å²) in [5, 5.41) is 0.332. The highest BCUT2D eigenvalue weighted by atomic mass is 35.5. The molecule has 6 heteroatoms. The van der Waals surface area contributed by atoms with Crippen LogP contribution in [0.3, 0.4) is 0 Å². The van der Waals surface area contributed by atoms with Gasteiger partial charge in [0.05, 0.1) is 21.2 Å². The SMILES string of the molecule is CCCc1cc(NN)c2c(Cl)c(F)c(Cl)cc2n1. The Morgan fingerprint density at radius 1 is 1.39 bits per heavy atom. The Morgan fingerprint density at radius 2 is 2.11 bits per heavy atom. The zero-order valence-corrected chi connectivity index (χ0v) is 11.2. The maximum atomic E-state index is 13.7. The first-order valence-electron chi connectivity index (χ1n) is 5.52. The third kappa shape index (κ3) is 2.23. The molecule has 0 fully saturated rings. The maximum absolute atomic E-state index is 13.7. The Balaban J connectivity index is 2.79. The molecule has 3 N–H and O–H groups in total. The summed E-state index contributed by atoms with van der Waals surface area (Å²) in [7, 11) is 0. The van der Waals surface area contributed by atoms with Crippen LogP contribution in [0.4, 0.5) is 10.1 Å². The molecule has 96 valence electrons. The first-order valence-corrected chi connectivity index (χ1v) is 6.27. The number of pyridine rings is 1. The van der Waals surface area contributed by atoms with Gasteiger partial charge in [0, 0.05) is 11.1 Å². The Kier molecular flexibility index (Phi) is 3.90. The maximum Gasteiger partial charge on any atom is 0.161 e. The van der Waals surface area contributed by atoms with Gasteiger partial charge in [-0.15, -0.1) is 0 Å². The fourth-order valence-electron chi connectivity index (χ4n) is 1.85. The fourth-order valence-corrected chi connectivity index (χ4v) is 2.40. The van der Waals surface area contributed by atoms with Crippen LogP contribution in [-0.2, 0) is 6.42 Å². The highest BCUT2D eigenvalue weighted by Crippen LogP contribution is 2.35. The topological polar surface area (TPSA) is 50.9 Å². The van der Waals surface area contributed by atoms with Crippen molar-refractivity contribution >= 4 is 39.8 Å². The number of nitrogens with zero attached hydrogens (tertiary/aromatic N) is 1. The van der Waals surface area contributed by atoms with Gasteiger partial charge in [-0.2, -0.15) is 0 Å². The van der Waals surface area contributed by atoms with E-state index in [0.29, 0.717) is 16.6 Å². The summed E-state index contributed by atoms with van der Waals surface area (Å²) in [5.74, 6) is 4.79. The average molecular weight is 288 g/mol. The van der Waals surface area contributed by atoms with E-state index in [0.717, 1.165) is 18.5 Å². The van der Waals surface area contributed by atoms with Crippen LogP contribution in [0.2, 0.25) is 10.0 Å². The number of hydrogen-bond donors (Lipinski definition) is 2. The summed E-state index contributed by atoms with van der Waals surface area (Å²) in [6, 6.07) is 3.23. The molecule has 0 atom stereocenters. The summed E-state index contributed by atoms with van der Waals surface area (Å²) in [6.07, 6.45) is 1.75. The third-order valence-electron chi connectivity index (χ3n) is 2.65. The Labute approximate surface area is 114 Å². The number of rotatable bonds is 3. The number of anilines is 1. The van der Waals surface area contributed by atoms with Gasteiger partial charge in [0.15, 0.2) is 5.82 Å². The third-order valence-corrected chi connectivity index (χ3v) is 3.28. The van der Waals surface area contributed by atoms with Crippen molar-refractivity contribution in [1.29, 1.82) is 0 Å². The molecule has 0 unspecified atom stereocenters. The highest BCUT2D eigenvalue weighted by molar-refractivity contribution is 6.39. The molecule has 0 saturated heterocycles. The monoisotopic (exact) mass is 287 g/mol. The van der Waals surface area contributed by atoms with Crippen LogP contribution in [0.15, 0.2) is 12.1 Å². The largest absolute Gasteiger partial charge is 0.323 e. The molecule has 0 aliphatic heterocycles. The normalized spacial score (nSPS) is 10.9. The van der Waals surface area contributed by atoms with E-state index in [1.54, 1.807) is 6.07 Å². The number of nitrogens with one attached hydrogen (secondary N) is 1. The number of halogens is 3. The Bertz CT molecular complexity index is 602. The minimum Gasteiger partial charge on any atom is -0.323 e. The number of aryl methyl sites for hydroxylation is 1. The van der Waals surface area contributed by atoms with Crippen LogP contribution in [0, 0.1) is 5.82 Å². The molecule has 1 aromatic carbocycles. The van der Waals surface area contributed by atoms with Gasteiger partial charge in [-0.1, -0.05) is 36.5 Å². The standard InChI is InChI=1S/C12H12Cl2FN3/c1-2-3-6-4-9(18-16)10-8(17-6)5-7(13)12(15)11(10)14/h4-5H,2-3,16H2,1H3,(H,17,18). The zero-order chi connectivity index (χ0) is 13.3. The number of nitrogens with two attached hydrogens (primary N) is 1. The van der Waals surface area contributed by atoms with E-state index in [1.165, 1.54) is 6.07 Å². The van der Waals surface area contributed by atoms with Crippen molar-refractivity contribution in [2.45, 2.75) is 19.8 Å². The molecule has 0 aliphatic rings. The van der Waals surface area contributed by atoms with E-state index < -0.39 is 5.82 Å². The van der Waals surface area contributed by atoms with Gasteiger partial charge in [-0.25, -0.2) is 4.39 Å². The van der Waals surface area contributed by atoms with Gasteiger partial charge >= 0.3 is 0 Å². The highest BCUT2D eigenvalue weighted by Gasteiger charge is 2.15. The first-order chi connectivity index (χ1) is 8.58. The number of aromatic nitrogens is 1. The number of benzene rings is 1. The predicted octanol–water partition coefficient (Wildman–Crippen LogP) is 3.92. The molecule has 18 heavy (non-hydrogen) atoms. The van der Waals surface area contributed by atoms with Crippen LogP contribution in [0.5, 0.6) is 0 Å². The van der Waals surface area contributed by atoms with Crippen molar-refractivity contribution in [3.8, 4) is 0 Å². The van der Waals surface area contributed by atoms with Gasteiger partial charge in [-0.3, -0.25) is 10.8 Å². The predicted molar refractivity (Wildman–Crippen MR) is 73.5 cm³/mol. The van der Waals surface area contributed by atoms with Crippen LogP contribution in [0.25, 0.3) is 10.9 Å². The van der Waals surface area contributed by atoms with Crippen molar-refractivity contribution in [2.75, 3.05) is 5.43 Å². The fraction of sp³-hybridized carbons (Fsp3) is 0.250. The Morgan fingerprint density at radius 3 is 2.72 bits per heavy atom. The molecule has 1 aromatic heterocycles. The molecule has 0 bridgehead atoms. The summed E-state index contributed by atoms with van der Waals surface area (Å²) < 4.78 is 13.7. The van der Waals surface area contributed by atoms with Gasteiger partial charge < -0.3 is 5.43 Å². The van der Waals surface area contributed by atoms with Gasteiger partial charge in [0.25, 0.3) is 0 Å².